The first-order chi connectivity index (χ1) is 29.0. The van der Waals surface area contributed by atoms with Gasteiger partial charge in [0.2, 0.25) is 11.8 Å². The molecule has 0 aliphatic carbocycles. The average molecular weight is 820 g/mol. The van der Waals surface area contributed by atoms with Crippen LogP contribution >= 0.6 is 0 Å². The summed E-state index contributed by atoms with van der Waals surface area (Å²) < 4.78 is 1.81. The summed E-state index contributed by atoms with van der Waals surface area (Å²) in [5.74, 6) is -0.329. The minimum atomic E-state index is -0.988. The van der Waals surface area contributed by atoms with Crippen molar-refractivity contribution in [2.75, 3.05) is 66.7 Å². The fraction of sp³-hybridized carbons (Fsp3) is 0.465. The van der Waals surface area contributed by atoms with Crippen molar-refractivity contribution >= 4 is 58.3 Å². The van der Waals surface area contributed by atoms with Crippen LogP contribution in [0.15, 0.2) is 54.7 Å². The molecule has 1 unspecified atom stereocenters. The third-order valence-electron chi connectivity index (χ3n) is 12.2. The van der Waals surface area contributed by atoms with E-state index in [0.29, 0.717) is 31.5 Å². The first kappa shape index (κ1) is 40.7. The number of benzene rings is 2. The van der Waals surface area contributed by atoms with Crippen molar-refractivity contribution in [1.82, 2.24) is 34.6 Å². The third-order valence-corrected chi connectivity index (χ3v) is 12.2. The molecule has 2 atom stereocenters. The molecular formula is C43H53N11O6. The SMILES string of the molecule is CC[C@@H](CO)Nc1cc(NCc2ccc(NC(=O)N3CCC(N4CCN(c5ccc6c(c5)C(=O)N(C5CCC(=O)NC5=O)C6=O)CC4)CC3)cc2)n2ncc(C(C)C)c2n1. The molecule has 4 aliphatic heterocycles. The molecule has 0 radical (unpaired) electrons. The highest BCUT2D eigenvalue weighted by Crippen LogP contribution is 2.32. The number of aromatic nitrogens is 3. The highest BCUT2D eigenvalue weighted by Gasteiger charge is 2.45. The van der Waals surface area contributed by atoms with Crippen LogP contribution in [0.25, 0.3) is 5.65 Å². The molecule has 5 N–H and O–H groups in total. The molecule has 6 heterocycles. The van der Waals surface area contributed by atoms with Gasteiger partial charge in [0.25, 0.3) is 11.8 Å². The predicted molar refractivity (Wildman–Crippen MR) is 226 cm³/mol. The summed E-state index contributed by atoms with van der Waals surface area (Å²) in [7, 11) is 0. The van der Waals surface area contributed by atoms with Crippen molar-refractivity contribution in [3.8, 4) is 0 Å². The molecule has 6 amide bonds. The van der Waals surface area contributed by atoms with Gasteiger partial charge in [-0.2, -0.15) is 9.61 Å². The lowest BCUT2D eigenvalue weighted by atomic mass is 10.0. The van der Waals surface area contributed by atoms with Crippen LogP contribution in [-0.2, 0) is 16.1 Å². The number of nitrogens with one attached hydrogen (secondary N) is 4. The van der Waals surface area contributed by atoms with Gasteiger partial charge in [-0.05, 0) is 67.5 Å². The quantitative estimate of drug-likeness (QED) is 0.130. The number of carbonyl (C=O) groups is 5. The lowest BCUT2D eigenvalue weighted by Crippen LogP contribution is -2.54. The number of rotatable bonds is 12. The van der Waals surface area contributed by atoms with Crippen molar-refractivity contribution < 1.29 is 29.1 Å². The monoisotopic (exact) mass is 819 g/mol. The molecule has 17 nitrogen and oxygen atoms in total. The Kier molecular flexibility index (Phi) is 11.7. The zero-order valence-corrected chi connectivity index (χ0v) is 34.3. The Morgan fingerprint density at radius 3 is 2.33 bits per heavy atom. The Balaban J connectivity index is 0.803. The standard InChI is InChI=1S/C43H53N11O6/c1-4-28(25-55)46-36-22-37(54-39(48-36)34(24-45-54)26(2)3)44-23-27-5-7-29(8-6-27)47-43(60)52-15-13-30(14-16-52)50-17-19-51(20-18-50)31-9-10-32-33(21-31)42(59)53(41(32)58)35-11-12-38(56)49-40(35)57/h5-10,21-22,24,26,28,30,35,44,55H,4,11-20,23,25H2,1-3H3,(H,46,48)(H,47,60)(H,49,56,57)/t28-,35?/m0/s1. The zero-order valence-electron chi connectivity index (χ0n) is 34.3. The summed E-state index contributed by atoms with van der Waals surface area (Å²) in [5, 5.41) is 26.5. The largest absolute Gasteiger partial charge is 0.394 e. The number of carbonyl (C=O) groups excluding carboxylic acids is 5. The van der Waals surface area contributed by atoms with Gasteiger partial charge in [0.15, 0.2) is 5.65 Å². The van der Waals surface area contributed by atoms with Crippen molar-refractivity contribution in [2.24, 2.45) is 0 Å². The van der Waals surface area contributed by atoms with Crippen LogP contribution < -0.4 is 26.2 Å². The zero-order chi connectivity index (χ0) is 42.1. The second-order valence-electron chi connectivity index (χ2n) is 16.3. The topological polar surface area (TPSA) is 197 Å². The van der Waals surface area contributed by atoms with Gasteiger partial charge in [-0.15, -0.1) is 0 Å². The summed E-state index contributed by atoms with van der Waals surface area (Å²) >= 11 is 0. The molecule has 2 aromatic heterocycles. The van der Waals surface area contributed by atoms with Gasteiger partial charge in [-0.1, -0.05) is 32.9 Å². The lowest BCUT2D eigenvalue weighted by Gasteiger charge is -2.43. The number of likely N-dealkylation sites (tertiary alicyclic amines) is 1. The fourth-order valence-electron chi connectivity index (χ4n) is 8.61. The van der Waals surface area contributed by atoms with Gasteiger partial charge in [-0.3, -0.25) is 34.3 Å². The molecule has 316 valence electrons. The molecule has 0 bridgehead atoms. The Labute approximate surface area is 348 Å². The number of hydrogen-bond acceptors (Lipinski definition) is 12. The maximum atomic E-state index is 13.3. The number of aliphatic hydroxyl groups is 1. The maximum Gasteiger partial charge on any atom is 0.321 e. The van der Waals surface area contributed by atoms with E-state index in [0.717, 1.165) is 84.3 Å². The molecule has 2 aromatic carbocycles. The maximum absolute atomic E-state index is 13.3. The van der Waals surface area contributed by atoms with Crippen molar-refractivity contribution in [3.63, 3.8) is 0 Å². The smallest absolute Gasteiger partial charge is 0.321 e. The van der Waals surface area contributed by atoms with Gasteiger partial charge in [-0.25, -0.2) is 9.78 Å². The van der Waals surface area contributed by atoms with Crippen molar-refractivity contribution in [3.05, 3.63) is 77.0 Å². The van der Waals surface area contributed by atoms with Crippen molar-refractivity contribution in [1.29, 1.82) is 0 Å². The summed E-state index contributed by atoms with van der Waals surface area (Å²) in [6.07, 6.45) is 4.56. The van der Waals surface area contributed by atoms with Gasteiger partial charge >= 0.3 is 6.03 Å². The number of piperidine rings is 2. The number of hydrogen-bond donors (Lipinski definition) is 5. The number of amides is 6. The number of urea groups is 1. The van der Waals surface area contributed by atoms with Gasteiger partial charge in [0.1, 0.15) is 17.7 Å². The van der Waals surface area contributed by atoms with Crippen LogP contribution in [0.2, 0.25) is 0 Å². The number of aliphatic hydroxyl groups excluding tert-OH is 1. The van der Waals surface area contributed by atoms with Gasteiger partial charge < -0.3 is 30.9 Å². The third kappa shape index (κ3) is 8.23. The van der Waals surface area contributed by atoms with Crippen LogP contribution in [0, 0.1) is 0 Å². The fourth-order valence-corrected chi connectivity index (χ4v) is 8.61. The Hall–Kier alpha value is -6.07. The molecular weight excluding hydrogens is 767 g/mol. The van der Waals surface area contributed by atoms with Gasteiger partial charge in [0.05, 0.1) is 30.0 Å². The number of imide groups is 2. The van der Waals surface area contributed by atoms with Crippen LogP contribution in [0.4, 0.5) is 27.8 Å². The number of nitrogens with zero attached hydrogens (tertiary/aromatic N) is 7. The van der Waals surface area contributed by atoms with E-state index >= 15 is 0 Å². The highest BCUT2D eigenvalue weighted by atomic mass is 16.3. The molecule has 3 fully saturated rings. The van der Waals surface area contributed by atoms with Crippen LogP contribution in [0.3, 0.4) is 0 Å². The van der Waals surface area contributed by atoms with E-state index in [4.69, 9.17) is 4.98 Å². The second-order valence-corrected chi connectivity index (χ2v) is 16.3. The Morgan fingerprint density at radius 1 is 0.917 bits per heavy atom. The normalized spacial score (nSPS) is 19.6. The Bertz CT molecular complexity index is 2270. The molecule has 17 heteroatoms. The minimum absolute atomic E-state index is 0.0110. The van der Waals surface area contributed by atoms with Crippen LogP contribution in [-0.4, -0.2) is 128 Å². The van der Waals surface area contributed by atoms with E-state index < -0.39 is 29.7 Å². The molecule has 3 saturated heterocycles. The highest BCUT2D eigenvalue weighted by molar-refractivity contribution is 6.23. The average Bonchev–Trinajstić information content (AvgIpc) is 3.80. The molecule has 8 rings (SSSR count). The lowest BCUT2D eigenvalue weighted by molar-refractivity contribution is -0.136. The molecule has 60 heavy (non-hydrogen) atoms. The molecule has 0 spiro atoms. The molecule has 0 saturated carbocycles. The second kappa shape index (κ2) is 17.3. The summed E-state index contributed by atoms with van der Waals surface area (Å²) in [6, 6.07) is 14.1. The summed E-state index contributed by atoms with van der Waals surface area (Å²) in [5.41, 5.74) is 4.98. The Morgan fingerprint density at radius 2 is 1.65 bits per heavy atom. The van der Waals surface area contributed by atoms with E-state index in [1.807, 2.05) is 58.9 Å². The first-order valence-electron chi connectivity index (χ1n) is 21.0. The van der Waals surface area contributed by atoms with E-state index in [9.17, 15) is 29.1 Å². The summed E-state index contributed by atoms with van der Waals surface area (Å²) in [6.45, 7) is 11.3. The van der Waals surface area contributed by atoms with E-state index in [2.05, 4.69) is 50.0 Å². The number of fused-ring (bicyclic) bond motifs is 2. The number of anilines is 4. The van der Waals surface area contributed by atoms with Crippen LogP contribution in [0.1, 0.15) is 90.6 Å². The first-order valence-corrected chi connectivity index (χ1v) is 21.0. The minimum Gasteiger partial charge on any atom is -0.394 e. The van der Waals surface area contributed by atoms with E-state index in [-0.39, 0.29) is 48.6 Å². The summed E-state index contributed by atoms with van der Waals surface area (Å²) in [4.78, 5) is 76.2. The van der Waals surface area contributed by atoms with Crippen LogP contribution in [0.5, 0.6) is 0 Å². The van der Waals surface area contributed by atoms with E-state index in [1.165, 1.54) is 0 Å². The predicted octanol–water partition coefficient (Wildman–Crippen LogP) is 3.87. The molecule has 4 aliphatic rings. The van der Waals surface area contributed by atoms with Gasteiger partial charge in [0, 0.05) is 81.3 Å². The molecule has 4 aromatic rings. The van der Waals surface area contributed by atoms with E-state index in [1.54, 1.807) is 12.1 Å². The number of piperazine rings is 1. The van der Waals surface area contributed by atoms with Crippen molar-refractivity contribution in [2.45, 2.75) is 83.5 Å².